The largest absolute Gasteiger partial charge is 0.370 e. The fourth-order valence-electron chi connectivity index (χ4n) is 0.246. The molecule has 0 aliphatic rings. The lowest BCUT2D eigenvalue weighted by molar-refractivity contribution is -0.742. The molecule has 0 saturated carbocycles. The Morgan fingerprint density at radius 1 is 1.25 bits per heavy atom. The lowest BCUT2D eigenvalue weighted by atomic mass is 10.3. The van der Waals surface area contributed by atoms with E-state index in [9.17, 15) is 9.59 Å². The summed E-state index contributed by atoms with van der Waals surface area (Å²) in [6.45, 7) is 0. The van der Waals surface area contributed by atoms with Gasteiger partial charge < -0.3 is 16.7 Å². The van der Waals surface area contributed by atoms with Crippen molar-refractivity contribution in [3.63, 3.8) is 0 Å². The van der Waals surface area contributed by atoms with E-state index in [-0.39, 0.29) is 12.8 Å². The van der Waals surface area contributed by atoms with E-state index in [1.807, 2.05) is 0 Å². The van der Waals surface area contributed by atoms with Crippen LogP contribution in [0.5, 0.6) is 0 Å². The number of primary amides is 2. The molecular weight excluding hydrogens is 170 g/mol. The van der Waals surface area contributed by atoms with Crippen molar-refractivity contribution in [3.8, 4) is 0 Å². The molecule has 0 fully saturated rings. The Hall–Kier alpha value is -1.86. The molecule has 0 bridgehead atoms. The zero-order chi connectivity index (χ0) is 10.1. The number of nitrogens with zero attached hydrogens (tertiary/aromatic N) is 1. The van der Waals surface area contributed by atoms with Crippen molar-refractivity contribution in [2.75, 3.05) is 0 Å². The number of hydrogen-bond acceptors (Lipinski definition) is 4. The third kappa shape index (κ3) is 42.1. The summed E-state index contributed by atoms with van der Waals surface area (Å²) in [5, 5.41) is 13.6. The summed E-state index contributed by atoms with van der Waals surface area (Å²) in [6.07, 6.45) is 0.102. The Morgan fingerprint density at radius 2 is 1.42 bits per heavy atom. The second-order valence-electron chi connectivity index (χ2n) is 1.67. The highest BCUT2D eigenvalue weighted by molar-refractivity contribution is 5.81. The van der Waals surface area contributed by atoms with Crippen LogP contribution in [0.2, 0.25) is 0 Å². The van der Waals surface area contributed by atoms with E-state index in [0.717, 1.165) is 0 Å². The molecule has 0 aromatic carbocycles. The first kappa shape index (κ1) is 12.8. The van der Waals surface area contributed by atoms with Crippen LogP contribution in [-0.2, 0) is 9.59 Å². The maximum absolute atomic E-state index is 9.92. The summed E-state index contributed by atoms with van der Waals surface area (Å²) in [7, 11) is 0. The first-order valence-corrected chi connectivity index (χ1v) is 2.76. The summed E-state index contributed by atoms with van der Waals surface area (Å²) in [6, 6.07) is 0. The molecule has 0 spiro atoms. The molecule has 0 unspecified atom stereocenters. The Labute approximate surface area is 67.2 Å². The van der Waals surface area contributed by atoms with Gasteiger partial charge in [-0.05, 0) is 0 Å². The minimum atomic E-state index is -1.50. The molecule has 12 heavy (non-hydrogen) atoms. The van der Waals surface area contributed by atoms with E-state index in [4.69, 9.17) is 26.8 Å². The van der Waals surface area contributed by atoms with Gasteiger partial charge in [-0.2, -0.15) is 0 Å². The van der Waals surface area contributed by atoms with Crippen LogP contribution in [0.25, 0.3) is 0 Å². The molecule has 0 aliphatic heterocycles. The number of carbonyl (C=O) groups excluding carboxylic acids is 2. The molecular formula is C4H9N3O5. The predicted molar refractivity (Wildman–Crippen MR) is 36.4 cm³/mol. The van der Waals surface area contributed by atoms with Gasteiger partial charge in [0.2, 0.25) is 11.8 Å². The SMILES string of the molecule is NC(=O)CCC(N)=O.O=[N+]([O-])O. The lowest BCUT2D eigenvalue weighted by Crippen LogP contribution is -2.16. The van der Waals surface area contributed by atoms with Gasteiger partial charge in [-0.15, -0.1) is 10.1 Å². The Balaban J connectivity index is 0. The van der Waals surface area contributed by atoms with Crippen LogP contribution < -0.4 is 11.5 Å². The number of carbonyl (C=O) groups is 2. The molecule has 0 aromatic rings. The highest BCUT2D eigenvalue weighted by atomic mass is 16.9. The molecule has 70 valence electrons. The molecule has 8 heteroatoms. The van der Waals surface area contributed by atoms with Gasteiger partial charge >= 0.3 is 0 Å². The van der Waals surface area contributed by atoms with E-state index in [1.54, 1.807) is 0 Å². The summed E-state index contributed by atoms with van der Waals surface area (Å²) in [4.78, 5) is 28.2. The van der Waals surface area contributed by atoms with Gasteiger partial charge in [-0.1, -0.05) is 0 Å². The molecule has 0 rings (SSSR count). The number of nitrogens with two attached hydrogens (primary N) is 2. The van der Waals surface area contributed by atoms with Crippen LogP contribution in [0, 0.1) is 10.1 Å². The Morgan fingerprint density at radius 3 is 1.50 bits per heavy atom. The molecule has 0 aliphatic carbocycles. The maximum Gasteiger partial charge on any atom is 0.291 e. The van der Waals surface area contributed by atoms with Crippen molar-refractivity contribution < 1.29 is 19.9 Å². The lowest BCUT2D eigenvalue weighted by Gasteiger charge is -1.87. The molecule has 0 radical (unpaired) electrons. The summed E-state index contributed by atoms with van der Waals surface area (Å²) >= 11 is 0. The van der Waals surface area contributed by atoms with Crippen LogP contribution in [-0.4, -0.2) is 22.1 Å². The minimum absolute atomic E-state index is 0.0509. The average Bonchev–Trinajstić information content (AvgIpc) is 1.82. The van der Waals surface area contributed by atoms with Crippen LogP contribution in [0.15, 0.2) is 0 Å². The molecule has 5 N–H and O–H groups in total. The van der Waals surface area contributed by atoms with Crippen LogP contribution in [0.1, 0.15) is 12.8 Å². The van der Waals surface area contributed by atoms with E-state index in [2.05, 4.69) is 0 Å². The van der Waals surface area contributed by atoms with Gasteiger partial charge in [0.25, 0.3) is 5.09 Å². The Kier molecular flexibility index (Phi) is 7.72. The molecule has 2 amide bonds. The zero-order valence-corrected chi connectivity index (χ0v) is 6.10. The van der Waals surface area contributed by atoms with E-state index < -0.39 is 16.9 Å². The highest BCUT2D eigenvalue weighted by Crippen LogP contribution is 1.82. The van der Waals surface area contributed by atoms with Crippen LogP contribution >= 0.6 is 0 Å². The first-order chi connectivity index (χ1) is 5.36. The quantitative estimate of drug-likeness (QED) is 0.351. The topological polar surface area (TPSA) is 150 Å². The van der Waals surface area contributed by atoms with Gasteiger partial charge in [-0.3, -0.25) is 9.59 Å². The predicted octanol–water partition coefficient (Wildman–Crippen LogP) is -1.61. The monoisotopic (exact) mass is 179 g/mol. The summed E-state index contributed by atoms with van der Waals surface area (Å²) < 4.78 is 0. The van der Waals surface area contributed by atoms with Crippen molar-refractivity contribution in [2.24, 2.45) is 11.5 Å². The molecule has 0 atom stereocenters. The van der Waals surface area contributed by atoms with Crippen molar-refractivity contribution in [1.29, 1.82) is 0 Å². The fraction of sp³-hybridized carbons (Fsp3) is 0.500. The maximum atomic E-state index is 9.92. The standard InChI is InChI=1S/C4H8N2O2.HNO3/c5-3(7)1-2-4(6)8;2-1(3)4/h1-2H2,(H2,5,7)(H2,6,8);(H,2,3,4). The van der Waals surface area contributed by atoms with E-state index >= 15 is 0 Å². The van der Waals surface area contributed by atoms with Gasteiger partial charge in [0, 0.05) is 12.8 Å². The number of amides is 2. The van der Waals surface area contributed by atoms with Crippen LogP contribution in [0.4, 0.5) is 0 Å². The second kappa shape index (κ2) is 7.25. The minimum Gasteiger partial charge on any atom is -0.370 e. The van der Waals surface area contributed by atoms with Crippen molar-refractivity contribution in [2.45, 2.75) is 12.8 Å². The highest BCUT2D eigenvalue weighted by Gasteiger charge is 1.96. The van der Waals surface area contributed by atoms with E-state index in [0.29, 0.717) is 0 Å². The average molecular weight is 179 g/mol. The van der Waals surface area contributed by atoms with Gasteiger partial charge in [-0.25, -0.2) is 0 Å². The molecule has 0 aromatic heterocycles. The fourth-order valence-corrected chi connectivity index (χ4v) is 0.246. The molecule has 0 heterocycles. The second-order valence-corrected chi connectivity index (χ2v) is 1.67. The van der Waals surface area contributed by atoms with Crippen molar-refractivity contribution in [3.05, 3.63) is 10.1 Å². The molecule has 0 saturated heterocycles. The zero-order valence-electron chi connectivity index (χ0n) is 6.10. The summed E-state index contributed by atoms with van der Waals surface area (Å²) in [5.74, 6) is -0.993. The number of rotatable bonds is 3. The Bertz CT molecular complexity index is 162. The third-order valence-corrected chi connectivity index (χ3v) is 0.618. The number of hydrogen-bond donors (Lipinski definition) is 3. The van der Waals surface area contributed by atoms with Crippen LogP contribution in [0.3, 0.4) is 0 Å². The molecule has 8 nitrogen and oxygen atoms in total. The smallest absolute Gasteiger partial charge is 0.291 e. The third-order valence-electron chi connectivity index (χ3n) is 0.618. The van der Waals surface area contributed by atoms with Gasteiger partial charge in [0.15, 0.2) is 0 Å². The van der Waals surface area contributed by atoms with Crippen molar-refractivity contribution in [1.82, 2.24) is 0 Å². The first-order valence-electron chi connectivity index (χ1n) is 2.76. The van der Waals surface area contributed by atoms with Gasteiger partial charge in [0.05, 0.1) is 0 Å². The van der Waals surface area contributed by atoms with E-state index in [1.165, 1.54) is 0 Å². The summed E-state index contributed by atoms with van der Waals surface area (Å²) in [5.41, 5.74) is 9.39. The van der Waals surface area contributed by atoms with Gasteiger partial charge in [0.1, 0.15) is 0 Å². The van der Waals surface area contributed by atoms with Crippen molar-refractivity contribution >= 4 is 11.8 Å². The normalized spacial score (nSPS) is 7.67.